The van der Waals surface area contributed by atoms with E-state index < -0.39 is 0 Å². The van der Waals surface area contributed by atoms with Gasteiger partial charge < -0.3 is 15.4 Å². The first-order valence-corrected chi connectivity index (χ1v) is 8.19. The molecule has 7 heteroatoms. The molecule has 2 aromatic rings. The van der Waals surface area contributed by atoms with Crippen LogP contribution in [0.3, 0.4) is 0 Å². The highest BCUT2D eigenvalue weighted by Gasteiger charge is 2.07. The highest BCUT2D eigenvalue weighted by molar-refractivity contribution is 14.0. The van der Waals surface area contributed by atoms with Crippen LogP contribution in [0.2, 0.25) is 0 Å². The van der Waals surface area contributed by atoms with Crippen molar-refractivity contribution in [2.75, 3.05) is 20.7 Å². The van der Waals surface area contributed by atoms with Crippen molar-refractivity contribution in [2.24, 2.45) is 12.0 Å². The summed E-state index contributed by atoms with van der Waals surface area (Å²) in [5.74, 6) is 2.17. The van der Waals surface area contributed by atoms with Gasteiger partial charge in [0.2, 0.25) is 0 Å². The van der Waals surface area contributed by atoms with E-state index in [2.05, 4.69) is 39.8 Å². The second-order valence-electron chi connectivity index (χ2n) is 5.76. The minimum atomic E-state index is 0. The summed E-state index contributed by atoms with van der Waals surface area (Å²) in [4.78, 5) is 4.26. The number of rotatable bonds is 7. The zero-order valence-electron chi connectivity index (χ0n) is 15.3. The molecule has 1 unspecified atom stereocenters. The highest BCUT2D eigenvalue weighted by atomic mass is 127. The third-order valence-corrected chi connectivity index (χ3v) is 4.14. The summed E-state index contributed by atoms with van der Waals surface area (Å²) in [7, 11) is 5.40. The molecule has 1 atom stereocenters. The lowest BCUT2D eigenvalue weighted by Crippen LogP contribution is -2.38. The summed E-state index contributed by atoms with van der Waals surface area (Å²) in [6.07, 6.45) is 2.82. The largest absolute Gasteiger partial charge is 0.497 e. The molecule has 1 aromatic heterocycles. The summed E-state index contributed by atoms with van der Waals surface area (Å²) in [6, 6.07) is 10.3. The zero-order chi connectivity index (χ0) is 17.4. The Morgan fingerprint density at radius 2 is 1.96 bits per heavy atom. The van der Waals surface area contributed by atoms with Gasteiger partial charge in [-0.25, -0.2) is 0 Å². The molecule has 1 aromatic carbocycles. The number of hydrogen-bond acceptors (Lipinski definition) is 3. The number of ether oxygens (including phenoxy) is 1. The molecular weight excluding hydrogens is 429 g/mol. The Bertz CT molecular complexity index is 654. The van der Waals surface area contributed by atoms with E-state index in [0.29, 0.717) is 12.5 Å². The normalized spacial score (nSPS) is 12.2. The van der Waals surface area contributed by atoms with E-state index >= 15 is 0 Å². The maximum Gasteiger partial charge on any atom is 0.191 e. The van der Waals surface area contributed by atoms with Crippen molar-refractivity contribution < 1.29 is 4.74 Å². The number of guanidine groups is 1. The van der Waals surface area contributed by atoms with Crippen LogP contribution >= 0.6 is 24.0 Å². The Morgan fingerprint density at radius 3 is 2.52 bits per heavy atom. The summed E-state index contributed by atoms with van der Waals surface area (Å²) in [5, 5.41) is 10.8. The number of nitrogens with one attached hydrogen (secondary N) is 2. The molecule has 0 aliphatic carbocycles. The Balaban J connectivity index is 0.00000312. The Labute approximate surface area is 167 Å². The smallest absolute Gasteiger partial charge is 0.191 e. The third kappa shape index (κ3) is 6.56. The fraction of sp³-hybridized carbons (Fsp3) is 0.444. The number of halogens is 1. The van der Waals surface area contributed by atoms with E-state index in [1.165, 1.54) is 5.56 Å². The van der Waals surface area contributed by atoms with Gasteiger partial charge in [-0.2, -0.15) is 5.10 Å². The molecule has 1 heterocycles. The number of aromatic nitrogens is 2. The zero-order valence-corrected chi connectivity index (χ0v) is 17.7. The van der Waals surface area contributed by atoms with Crippen LogP contribution in [0.4, 0.5) is 0 Å². The van der Waals surface area contributed by atoms with E-state index in [9.17, 15) is 0 Å². The van der Waals surface area contributed by atoms with Gasteiger partial charge in [-0.3, -0.25) is 9.67 Å². The van der Waals surface area contributed by atoms with Gasteiger partial charge in [0, 0.05) is 26.8 Å². The SMILES string of the molecule is CN=C(NCCC(C)c1ccc(OC)cc1)NCc1ccnn1C.I. The Kier molecular flexibility index (Phi) is 9.33. The molecule has 0 radical (unpaired) electrons. The second-order valence-corrected chi connectivity index (χ2v) is 5.76. The molecule has 0 spiro atoms. The molecule has 0 bridgehead atoms. The molecule has 138 valence electrons. The van der Waals surface area contributed by atoms with Gasteiger partial charge in [0.15, 0.2) is 5.96 Å². The maximum atomic E-state index is 5.20. The minimum absolute atomic E-state index is 0. The Morgan fingerprint density at radius 1 is 1.24 bits per heavy atom. The van der Waals surface area contributed by atoms with Gasteiger partial charge in [-0.15, -0.1) is 24.0 Å². The van der Waals surface area contributed by atoms with Crippen molar-refractivity contribution in [1.82, 2.24) is 20.4 Å². The van der Waals surface area contributed by atoms with Crippen LogP contribution in [0, 0.1) is 0 Å². The molecule has 0 saturated heterocycles. The van der Waals surface area contributed by atoms with Crippen molar-refractivity contribution >= 4 is 29.9 Å². The standard InChI is InChI=1S/C18H27N5O.HI/c1-14(15-5-7-17(24-4)8-6-15)9-11-20-18(19-2)21-13-16-10-12-22-23(16)3;/h5-8,10,12,14H,9,11,13H2,1-4H3,(H2,19,20,21);1H. The maximum absolute atomic E-state index is 5.20. The van der Waals surface area contributed by atoms with Crippen LogP contribution in [0.5, 0.6) is 5.75 Å². The summed E-state index contributed by atoms with van der Waals surface area (Å²) < 4.78 is 7.05. The quantitative estimate of drug-likeness (QED) is 0.382. The number of nitrogens with zero attached hydrogens (tertiary/aromatic N) is 3. The molecule has 2 rings (SSSR count). The predicted molar refractivity (Wildman–Crippen MR) is 113 cm³/mol. The number of benzene rings is 1. The van der Waals surface area contributed by atoms with Gasteiger partial charge in [-0.1, -0.05) is 19.1 Å². The number of aliphatic imine (C=N–C) groups is 1. The lowest BCUT2D eigenvalue weighted by Gasteiger charge is -2.15. The molecule has 6 nitrogen and oxygen atoms in total. The number of methoxy groups -OCH3 is 1. The average molecular weight is 457 g/mol. The first kappa shape index (κ1) is 21.3. The van der Waals surface area contributed by atoms with Crippen LogP contribution in [-0.2, 0) is 13.6 Å². The van der Waals surface area contributed by atoms with Crippen molar-refractivity contribution in [3.63, 3.8) is 0 Å². The summed E-state index contributed by atoms with van der Waals surface area (Å²) >= 11 is 0. The third-order valence-electron chi connectivity index (χ3n) is 4.14. The first-order chi connectivity index (χ1) is 11.6. The van der Waals surface area contributed by atoms with Gasteiger partial charge >= 0.3 is 0 Å². The van der Waals surface area contributed by atoms with E-state index in [4.69, 9.17) is 4.74 Å². The molecule has 0 aliphatic heterocycles. The fourth-order valence-corrected chi connectivity index (χ4v) is 2.48. The average Bonchev–Trinajstić information content (AvgIpc) is 3.02. The van der Waals surface area contributed by atoms with E-state index in [0.717, 1.165) is 30.4 Å². The molecular formula is C18H28IN5O. The van der Waals surface area contributed by atoms with Crippen LogP contribution < -0.4 is 15.4 Å². The molecule has 0 amide bonds. The van der Waals surface area contributed by atoms with Gasteiger partial charge in [0.1, 0.15) is 5.75 Å². The lowest BCUT2D eigenvalue weighted by molar-refractivity contribution is 0.414. The van der Waals surface area contributed by atoms with Gasteiger partial charge in [0.05, 0.1) is 19.3 Å². The topological polar surface area (TPSA) is 63.5 Å². The summed E-state index contributed by atoms with van der Waals surface area (Å²) in [6.45, 7) is 3.79. The number of aryl methyl sites for hydroxylation is 1. The number of hydrogen-bond donors (Lipinski definition) is 2. The lowest BCUT2D eigenvalue weighted by atomic mass is 9.98. The van der Waals surface area contributed by atoms with Gasteiger partial charge in [0.25, 0.3) is 0 Å². The van der Waals surface area contributed by atoms with Crippen molar-refractivity contribution in [1.29, 1.82) is 0 Å². The van der Waals surface area contributed by atoms with E-state index in [-0.39, 0.29) is 24.0 Å². The first-order valence-electron chi connectivity index (χ1n) is 8.19. The van der Waals surface area contributed by atoms with E-state index in [1.807, 2.05) is 29.9 Å². The van der Waals surface area contributed by atoms with Crippen molar-refractivity contribution in [3.8, 4) is 5.75 Å². The minimum Gasteiger partial charge on any atom is -0.497 e. The van der Waals surface area contributed by atoms with Crippen LogP contribution in [-0.4, -0.2) is 36.4 Å². The summed E-state index contributed by atoms with van der Waals surface area (Å²) in [5.41, 5.74) is 2.43. The second kappa shape index (κ2) is 11.0. The molecule has 2 N–H and O–H groups in total. The molecule has 0 fully saturated rings. The van der Waals surface area contributed by atoms with Crippen LogP contribution in [0.25, 0.3) is 0 Å². The van der Waals surface area contributed by atoms with Crippen molar-refractivity contribution in [2.45, 2.75) is 25.8 Å². The molecule has 25 heavy (non-hydrogen) atoms. The molecule has 0 aliphatic rings. The van der Waals surface area contributed by atoms with Gasteiger partial charge in [-0.05, 0) is 36.1 Å². The predicted octanol–water partition coefficient (Wildman–Crippen LogP) is 2.91. The van der Waals surface area contributed by atoms with Crippen LogP contribution in [0.15, 0.2) is 41.5 Å². The van der Waals surface area contributed by atoms with Crippen LogP contribution in [0.1, 0.15) is 30.5 Å². The monoisotopic (exact) mass is 457 g/mol. The fourth-order valence-electron chi connectivity index (χ4n) is 2.48. The molecule has 0 saturated carbocycles. The van der Waals surface area contributed by atoms with Crippen molar-refractivity contribution in [3.05, 3.63) is 47.8 Å². The Hall–Kier alpha value is -1.77. The highest BCUT2D eigenvalue weighted by Crippen LogP contribution is 2.21. The van der Waals surface area contributed by atoms with E-state index in [1.54, 1.807) is 20.4 Å².